The summed E-state index contributed by atoms with van der Waals surface area (Å²) in [5.41, 5.74) is 0. The zero-order chi connectivity index (χ0) is 3.41. The van der Waals surface area contributed by atoms with Gasteiger partial charge in [0.05, 0.1) is 0 Å². The summed E-state index contributed by atoms with van der Waals surface area (Å²) in [4.78, 5) is 0. The Morgan fingerprint density at radius 2 is 1.71 bits per heavy atom. The predicted octanol–water partition coefficient (Wildman–Crippen LogP) is 0.600. The largest absolute Gasteiger partial charge is 0.570 e. The van der Waals surface area contributed by atoms with Crippen LogP contribution < -0.4 is 5.32 Å². The molecule has 0 fully saturated rings. The van der Waals surface area contributed by atoms with Crippen molar-refractivity contribution in [1.82, 2.24) is 5.32 Å². The molecule has 0 aliphatic carbocycles. The smallest absolute Gasteiger partial charge is 0 e. The molecule has 0 rings (SSSR count). The number of hydrogen-bond donors (Lipinski definition) is 1. The van der Waals surface area contributed by atoms with Crippen molar-refractivity contribution in [3.05, 3.63) is 20.2 Å². The minimum Gasteiger partial charge on any atom is -0.570 e. The molecule has 0 aromatic carbocycles. The second-order valence-electron chi connectivity index (χ2n) is 0.427. The van der Waals surface area contributed by atoms with Gasteiger partial charge in [0.15, 0.2) is 0 Å². The first-order valence-electron chi connectivity index (χ1n) is 1.10. The first-order chi connectivity index (χ1) is 1.91. The Hall–Kier alpha value is 1.84. The van der Waals surface area contributed by atoms with Crippen molar-refractivity contribution in [1.29, 1.82) is 0 Å². The van der Waals surface area contributed by atoms with Crippen molar-refractivity contribution in [2.45, 2.75) is 0 Å². The summed E-state index contributed by atoms with van der Waals surface area (Å²) in [5, 5.41) is 2.57. The standard InChI is InChI=1S/C3H6N.CH3.La.Y/c1-3-4-2;;;/h4H,1H2,2H3;1H3;;/q2*-1;;. The van der Waals surface area contributed by atoms with E-state index in [0.29, 0.717) is 0 Å². The molecule has 0 bridgehead atoms. The fourth-order valence-electron chi connectivity index (χ4n) is 0. The zero-order valence-electron chi connectivity index (χ0n) is 4.86. The van der Waals surface area contributed by atoms with Crippen molar-refractivity contribution < 1.29 is 68.3 Å². The molecule has 0 aromatic heterocycles. The molecule has 0 aliphatic rings. The normalized spacial score (nSPS) is 3.00. The van der Waals surface area contributed by atoms with E-state index < -0.39 is 0 Å². The molecular formula is C4H9LaNY-2. The molecule has 3 heteroatoms. The maximum absolute atomic E-state index is 3.24. The molecule has 0 heterocycles. The van der Waals surface area contributed by atoms with Crippen LogP contribution in [0.25, 0.3) is 0 Å². The van der Waals surface area contributed by atoms with E-state index in [9.17, 15) is 0 Å². The first-order valence-corrected chi connectivity index (χ1v) is 1.10. The third kappa shape index (κ3) is 33.2. The third-order valence-electron chi connectivity index (χ3n) is 0.177. The summed E-state index contributed by atoms with van der Waals surface area (Å²) in [6, 6.07) is 0. The Labute approximate surface area is 99.2 Å². The van der Waals surface area contributed by atoms with E-state index in [0.717, 1.165) is 0 Å². The summed E-state index contributed by atoms with van der Waals surface area (Å²) >= 11 is 0. The van der Waals surface area contributed by atoms with Gasteiger partial charge in [-0.25, -0.2) is 0 Å². The van der Waals surface area contributed by atoms with Gasteiger partial charge in [-0.2, -0.15) is 0 Å². The topological polar surface area (TPSA) is 12.0 Å². The Bertz CT molecular complexity index is 25.7. The summed E-state index contributed by atoms with van der Waals surface area (Å²) in [5.74, 6) is 0. The van der Waals surface area contributed by atoms with Crippen LogP contribution in [0.5, 0.6) is 0 Å². The van der Waals surface area contributed by atoms with E-state index in [1.165, 1.54) is 0 Å². The molecule has 1 nitrogen and oxygen atoms in total. The third-order valence-corrected chi connectivity index (χ3v) is 0.177. The zero-order valence-corrected chi connectivity index (χ0v) is 11.3. The molecule has 2 radical (unpaired) electrons. The van der Waals surface area contributed by atoms with Crippen molar-refractivity contribution in [3.8, 4) is 0 Å². The maximum Gasteiger partial charge on any atom is 0 e. The van der Waals surface area contributed by atoms with E-state index in [1.54, 1.807) is 7.05 Å². The van der Waals surface area contributed by atoms with Gasteiger partial charge in [0.1, 0.15) is 0 Å². The molecule has 7 heavy (non-hydrogen) atoms. The quantitative estimate of drug-likeness (QED) is 0.552. The van der Waals surface area contributed by atoms with Crippen molar-refractivity contribution >= 4 is 0 Å². The maximum atomic E-state index is 3.24. The van der Waals surface area contributed by atoms with Crippen molar-refractivity contribution in [3.63, 3.8) is 0 Å². The minimum absolute atomic E-state index is 0. The Kier molecular flexibility index (Phi) is 82.4. The molecule has 0 unspecified atom stereocenters. The Morgan fingerprint density at radius 3 is 1.71 bits per heavy atom. The molecule has 0 spiro atoms. The summed E-state index contributed by atoms with van der Waals surface area (Å²) < 4.78 is 0. The van der Waals surface area contributed by atoms with Gasteiger partial charge in [0, 0.05) is 68.3 Å². The summed E-state index contributed by atoms with van der Waals surface area (Å²) in [6.07, 6.45) is 2.43. The van der Waals surface area contributed by atoms with Crippen LogP contribution in [0.4, 0.5) is 0 Å². The van der Waals surface area contributed by atoms with Crippen LogP contribution >= 0.6 is 0 Å². The first kappa shape index (κ1) is 23.2. The minimum atomic E-state index is 0. The molecule has 0 atom stereocenters. The molecule has 0 aliphatic heterocycles. The van der Waals surface area contributed by atoms with Gasteiger partial charge in [-0.3, -0.25) is 6.58 Å². The van der Waals surface area contributed by atoms with Crippen LogP contribution in [0.1, 0.15) is 0 Å². The van der Waals surface area contributed by atoms with E-state index >= 15 is 0 Å². The fraction of sp³-hybridized carbons (Fsp3) is 0.250. The van der Waals surface area contributed by atoms with Gasteiger partial charge in [-0.15, -0.1) is 0 Å². The second-order valence-corrected chi connectivity index (χ2v) is 0.427. The van der Waals surface area contributed by atoms with Gasteiger partial charge in [0.2, 0.25) is 0 Å². The Balaban J connectivity index is -0.0000000150. The van der Waals surface area contributed by atoms with Crippen LogP contribution in [-0.4, -0.2) is 7.05 Å². The summed E-state index contributed by atoms with van der Waals surface area (Å²) in [7, 11) is 1.76. The van der Waals surface area contributed by atoms with E-state index in [1.807, 2.05) is 0 Å². The van der Waals surface area contributed by atoms with Crippen molar-refractivity contribution in [2.75, 3.05) is 7.05 Å². The number of hydrogen-bond acceptors (Lipinski definition) is 1. The second kappa shape index (κ2) is 24.9. The molecule has 38 valence electrons. The van der Waals surface area contributed by atoms with Crippen LogP contribution in [0, 0.1) is 49.2 Å². The molecule has 0 amide bonds. The van der Waals surface area contributed by atoms with Gasteiger partial charge in [-0.1, -0.05) is 0 Å². The monoisotopic (exact) mass is 299 g/mol. The van der Waals surface area contributed by atoms with Gasteiger partial charge < -0.3 is 18.9 Å². The van der Waals surface area contributed by atoms with Crippen LogP contribution in [0.2, 0.25) is 0 Å². The predicted molar refractivity (Wildman–Crippen MR) is 24.3 cm³/mol. The van der Waals surface area contributed by atoms with Gasteiger partial charge in [-0.05, 0) is 7.05 Å². The number of nitrogens with one attached hydrogen (secondary N) is 1. The molecule has 0 saturated carbocycles. The van der Waals surface area contributed by atoms with Gasteiger partial charge in [0.25, 0.3) is 0 Å². The molecule has 1 N–H and O–H groups in total. The SMILES string of the molecule is C=[C-]NC.[CH3-].[La].[Y]. The molecular weight excluding hydrogens is 290 g/mol. The Morgan fingerprint density at radius 1 is 1.57 bits per heavy atom. The van der Waals surface area contributed by atoms with Crippen molar-refractivity contribution in [2.24, 2.45) is 0 Å². The average Bonchev–Trinajstić information content (AvgIpc) is 1.37. The molecule has 0 saturated heterocycles. The summed E-state index contributed by atoms with van der Waals surface area (Å²) in [6.45, 7) is 3.24. The van der Waals surface area contributed by atoms with Crippen LogP contribution in [0.15, 0.2) is 6.58 Å². The van der Waals surface area contributed by atoms with E-state index in [4.69, 9.17) is 0 Å². The van der Waals surface area contributed by atoms with Crippen LogP contribution in [-0.2, 0) is 32.7 Å². The van der Waals surface area contributed by atoms with Gasteiger partial charge >= 0.3 is 0 Å². The average molecular weight is 299 g/mol. The van der Waals surface area contributed by atoms with E-state index in [-0.39, 0.29) is 75.7 Å². The number of rotatable bonds is 1. The fourth-order valence-corrected chi connectivity index (χ4v) is 0. The van der Waals surface area contributed by atoms with Crippen LogP contribution in [0.3, 0.4) is 0 Å². The van der Waals surface area contributed by atoms with E-state index in [2.05, 4.69) is 18.1 Å². The molecule has 0 aromatic rings.